The van der Waals surface area contributed by atoms with Crippen LogP contribution in [0.1, 0.15) is 178 Å². The number of allylic oxidation sites excluding steroid dienone is 6. The molecule has 7 aromatic carbocycles. The molecule has 0 aliphatic heterocycles. The van der Waals surface area contributed by atoms with Gasteiger partial charge in [-0.15, -0.1) is 0 Å². The Hall–Kier alpha value is -7.68. The standard InChI is InChI=1S/C69H55N3O2.C2H6/c1-34-11-9-10-12-35(2)59-61(58(34)38-13-7-6-8-14-38)41(33-70)25-56-62(59)52-28-45-37-15-19-39(20-16-37)60(45)63-50-31-55-51(32-54(50)72(56)66(52)63)64-65-47(29-49-43-24-23-42(69(3,4)5)26-57(43)74-68(49)64)46-27-44-36-17-21-40(22-18-36)67(73)48(44)30-53(46)71(55)65;1-2/h6-14,23-32,36-37,39-40,58H,15-22H2,1-5H3;1-2H3/b10-9-,34-11+,35-12+;. The number of ketones is 1. The summed E-state index contributed by atoms with van der Waals surface area (Å²) in [6, 6.07) is 37.5. The number of hydrogen-bond acceptors (Lipinski definition) is 3. The van der Waals surface area contributed by atoms with Gasteiger partial charge in [-0.1, -0.05) is 107 Å². The van der Waals surface area contributed by atoms with Crippen LogP contribution in [0, 0.1) is 17.2 Å². The molecule has 5 heterocycles. The van der Waals surface area contributed by atoms with E-state index in [-0.39, 0.29) is 17.3 Å². The van der Waals surface area contributed by atoms with Crippen molar-refractivity contribution in [1.29, 1.82) is 5.26 Å². The fourth-order valence-electron chi connectivity index (χ4n) is 16.3. The molecule has 0 amide bonds. The highest BCUT2D eigenvalue weighted by Gasteiger charge is 2.40. The number of aromatic nitrogens is 2. The monoisotopic (exact) mass is 987 g/mol. The lowest BCUT2D eigenvalue weighted by molar-refractivity contribution is 0.0898. The zero-order valence-corrected chi connectivity index (χ0v) is 44.7. The molecule has 4 bridgehead atoms. The first-order valence-electron chi connectivity index (χ1n) is 28.5. The molecular weight excluding hydrogens is 927 g/mol. The van der Waals surface area contributed by atoms with Crippen LogP contribution < -0.4 is 0 Å². The highest BCUT2D eigenvalue weighted by molar-refractivity contribution is 6.36. The number of fused-ring (bicyclic) bond motifs is 22. The third-order valence-corrected chi connectivity index (χ3v) is 19.7. The van der Waals surface area contributed by atoms with Gasteiger partial charge in [0.25, 0.3) is 0 Å². The largest absolute Gasteiger partial charge is 0.455 e. The third kappa shape index (κ3) is 5.62. The summed E-state index contributed by atoms with van der Waals surface area (Å²) >= 11 is 0. The first kappa shape index (κ1) is 44.6. The van der Waals surface area contributed by atoms with E-state index < -0.39 is 0 Å². The number of furan rings is 1. The van der Waals surface area contributed by atoms with E-state index >= 15 is 0 Å². The summed E-state index contributed by atoms with van der Waals surface area (Å²) in [5.41, 5.74) is 21.9. The van der Waals surface area contributed by atoms with Gasteiger partial charge in [-0.2, -0.15) is 5.26 Å². The van der Waals surface area contributed by atoms with E-state index in [1.807, 2.05) is 13.8 Å². The molecule has 2 fully saturated rings. The molecule has 2 saturated carbocycles. The number of benzene rings is 7. The molecule has 5 nitrogen and oxygen atoms in total. The van der Waals surface area contributed by atoms with Crippen molar-refractivity contribution in [1.82, 2.24) is 8.80 Å². The van der Waals surface area contributed by atoms with Crippen LogP contribution in [0.5, 0.6) is 0 Å². The maximum Gasteiger partial charge on any atom is 0.166 e. The van der Waals surface area contributed by atoms with Crippen LogP contribution in [0.25, 0.3) is 104 Å². The quantitative estimate of drug-likeness (QED) is 0.165. The van der Waals surface area contributed by atoms with E-state index in [9.17, 15) is 10.1 Å². The summed E-state index contributed by atoms with van der Waals surface area (Å²) in [4.78, 5) is 14.5. The zero-order valence-electron chi connectivity index (χ0n) is 44.7. The van der Waals surface area contributed by atoms with Crippen LogP contribution in [0.15, 0.2) is 125 Å². The molecule has 372 valence electrons. The van der Waals surface area contributed by atoms with Gasteiger partial charge >= 0.3 is 0 Å². The van der Waals surface area contributed by atoms with Gasteiger partial charge in [-0.25, -0.2) is 0 Å². The van der Waals surface area contributed by atoms with E-state index in [0.29, 0.717) is 23.5 Å². The van der Waals surface area contributed by atoms with Crippen LogP contribution >= 0.6 is 0 Å². The Kier molecular flexibility index (Phi) is 9.08. The van der Waals surface area contributed by atoms with Crippen molar-refractivity contribution >= 4 is 109 Å². The van der Waals surface area contributed by atoms with E-state index in [2.05, 4.69) is 165 Å². The molecular formula is C71H61N3O2. The summed E-state index contributed by atoms with van der Waals surface area (Å²) in [6.45, 7) is 15.3. The minimum Gasteiger partial charge on any atom is -0.455 e. The summed E-state index contributed by atoms with van der Waals surface area (Å²) in [6.07, 6.45) is 17.9. The minimum absolute atomic E-state index is 0.0348. The van der Waals surface area contributed by atoms with Gasteiger partial charge < -0.3 is 13.2 Å². The molecule has 5 heteroatoms. The first-order chi connectivity index (χ1) is 37.0. The first-order valence-corrected chi connectivity index (χ1v) is 28.5. The molecule has 0 spiro atoms. The summed E-state index contributed by atoms with van der Waals surface area (Å²) in [7, 11) is 0. The Morgan fingerprint density at radius 2 is 1.22 bits per heavy atom. The van der Waals surface area contributed by atoms with Crippen LogP contribution in [-0.2, 0) is 5.41 Å². The zero-order chi connectivity index (χ0) is 51.4. The molecule has 19 rings (SSSR count). The summed E-state index contributed by atoms with van der Waals surface area (Å²) in [5, 5.41) is 23.7. The number of carbonyl (C=O) groups is 1. The molecule has 12 aromatic rings. The molecule has 0 N–H and O–H groups in total. The average molecular weight is 988 g/mol. The van der Waals surface area contributed by atoms with Gasteiger partial charge in [0, 0.05) is 65.9 Å². The van der Waals surface area contributed by atoms with Gasteiger partial charge in [0.2, 0.25) is 0 Å². The fraction of sp³-hybridized carbons (Fsp3) is 0.296. The van der Waals surface area contributed by atoms with Crippen LogP contribution in [0.4, 0.5) is 0 Å². The molecule has 0 saturated heterocycles. The Morgan fingerprint density at radius 3 is 1.96 bits per heavy atom. The smallest absolute Gasteiger partial charge is 0.166 e. The lowest BCUT2D eigenvalue weighted by Crippen LogP contribution is -2.21. The third-order valence-electron chi connectivity index (χ3n) is 19.7. The topological polar surface area (TPSA) is 62.8 Å². The molecule has 7 aliphatic carbocycles. The SMILES string of the molecule is CC.C\C1=C/C=C\C=C(/C)C(c2ccccc2)c2c(C#N)cc3c(c21)c1cc2c(c4c5cc6c(cc5n3c14)c1c3oc4cc(C(C)(C)C)ccc4c3cc3c4cc5c(cc4n6c31)C(=O)C1CCC5CC1)C1CCC2CC1. The molecule has 5 aromatic heterocycles. The average Bonchev–Trinajstić information content (AvgIpc) is 4.36. The number of nitrogens with zero attached hydrogens (tertiary/aromatic N) is 3. The Bertz CT molecular complexity index is 4710. The number of carbonyl (C=O) groups excluding carboxylic acids is 1. The number of rotatable bonds is 1. The number of Topliss-reactive ketones (excluding diaryl/α,β-unsaturated/α-hetero) is 1. The van der Waals surface area contributed by atoms with E-state index in [4.69, 9.17) is 4.42 Å². The second-order valence-corrected chi connectivity index (χ2v) is 24.4. The van der Waals surface area contributed by atoms with Gasteiger partial charge in [0.1, 0.15) is 11.2 Å². The van der Waals surface area contributed by atoms with Gasteiger partial charge in [-0.3, -0.25) is 4.79 Å². The normalized spacial score (nSPS) is 23.2. The summed E-state index contributed by atoms with van der Waals surface area (Å²) in [5.74, 6) is 1.80. The van der Waals surface area contributed by atoms with Gasteiger partial charge in [0.05, 0.1) is 50.1 Å². The molecule has 1 unspecified atom stereocenters. The van der Waals surface area contributed by atoms with Gasteiger partial charge in [-0.05, 0) is 181 Å². The summed E-state index contributed by atoms with van der Waals surface area (Å²) < 4.78 is 12.3. The van der Waals surface area contributed by atoms with Crippen molar-refractivity contribution in [3.8, 4) is 6.07 Å². The van der Waals surface area contributed by atoms with E-state index in [1.165, 1.54) is 114 Å². The van der Waals surface area contributed by atoms with Crippen molar-refractivity contribution in [2.45, 2.75) is 129 Å². The van der Waals surface area contributed by atoms with Crippen LogP contribution in [0.2, 0.25) is 0 Å². The van der Waals surface area contributed by atoms with E-state index in [1.54, 1.807) is 5.56 Å². The fourth-order valence-corrected chi connectivity index (χ4v) is 16.3. The van der Waals surface area contributed by atoms with Crippen molar-refractivity contribution in [3.05, 3.63) is 171 Å². The predicted octanol–water partition coefficient (Wildman–Crippen LogP) is 19.4. The Balaban J connectivity index is 0.00000241. The second kappa shape index (κ2) is 15.5. The van der Waals surface area contributed by atoms with Crippen molar-refractivity contribution in [3.63, 3.8) is 0 Å². The highest BCUT2D eigenvalue weighted by Crippen LogP contribution is 2.58. The van der Waals surface area contributed by atoms with E-state index in [0.717, 1.165) is 91.6 Å². The number of nitriles is 1. The molecule has 0 radical (unpaired) electrons. The number of hydrogen-bond donors (Lipinski definition) is 0. The highest BCUT2D eigenvalue weighted by atomic mass is 16.3. The molecule has 7 aliphatic rings. The van der Waals surface area contributed by atoms with Crippen molar-refractivity contribution in [2.75, 3.05) is 0 Å². The molecule has 76 heavy (non-hydrogen) atoms. The predicted molar refractivity (Wildman–Crippen MR) is 316 cm³/mol. The molecule has 1 atom stereocenters. The maximum absolute atomic E-state index is 14.5. The van der Waals surface area contributed by atoms with Crippen molar-refractivity contribution < 1.29 is 9.21 Å². The van der Waals surface area contributed by atoms with Crippen LogP contribution in [-0.4, -0.2) is 14.6 Å². The minimum atomic E-state index is -0.0995. The lowest BCUT2D eigenvalue weighted by Gasteiger charge is -2.39. The van der Waals surface area contributed by atoms with Crippen molar-refractivity contribution in [2.24, 2.45) is 5.92 Å². The lowest BCUT2D eigenvalue weighted by atomic mass is 9.65. The Morgan fingerprint density at radius 1 is 0.579 bits per heavy atom. The second-order valence-electron chi connectivity index (χ2n) is 24.4. The maximum atomic E-state index is 14.5. The Labute approximate surface area is 442 Å². The van der Waals surface area contributed by atoms with Gasteiger partial charge in [0.15, 0.2) is 5.78 Å². The van der Waals surface area contributed by atoms with Crippen LogP contribution in [0.3, 0.4) is 0 Å².